The molecule has 0 bridgehead atoms. The minimum atomic E-state index is -0.0568. The minimum Gasteiger partial charge on any atom is -0.494 e. The van der Waals surface area contributed by atoms with Gasteiger partial charge >= 0.3 is 0 Å². The highest BCUT2D eigenvalue weighted by Crippen LogP contribution is 2.22. The Hall–Kier alpha value is -2.27. The van der Waals surface area contributed by atoms with Gasteiger partial charge < -0.3 is 14.6 Å². The van der Waals surface area contributed by atoms with Crippen molar-refractivity contribution < 1.29 is 9.53 Å². The minimum absolute atomic E-state index is 0.0568. The molecule has 1 aromatic heterocycles. The van der Waals surface area contributed by atoms with Crippen molar-refractivity contribution in [2.75, 3.05) is 11.9 Å². The summed E-state index contributed by atoms with van der Waals surface area (Å²) in [7, 11) is 0. The normalized spacial score (nSPS) is 10.7. The first-order valence-corrected chi connectivity index (χ1v) is 8.22. The van der Waals surface area contributed by atoms with Crippen LogP contribution < -0.4 is 10.1 Å². The van der Waals surface area contributed by atoms with Gasteiger partial charge in [-0.2, -0.15) is 0 Å². The zero-order valence-electron chi connectivity index (χ0n) is 12.8. The van der Waals surface area contributed by atoms with E-state index in [9.17, 15) is 4.79 Å². The Morgan fingerprint density at radius 2 is 1.96 bits per heavy atom. The Labute approximate surface area is 143 Å². The summed E-state index contributed by atoms with van der Waals surface area (Å²) in [6, 6.07) is 15.4. The van der Waals surface area contributed by atoms with E-state index in [0.29, 0.717) is 6.61 Å². The molecule has 0 atom stereocenters. The van der Waals surface area contributed by atoms with Gasteiger partial charge in [-0.3, -0.25) is 4.79 Å². The van der Waals surface area contributed by atoms with Crippen molar-refractivity contribution in [2.45, 2.75) is 13.5 Å². The van der Waals surface area contributed by atoms with Gasteiger partial charge in [0, 0.05) is 27.3 Å². The molecule has 0 radical (unpaired) electrons. The number of hydrogen-bond donors (Lipinski definition) is 1. The number of benzene rings is 2. The van der Waals surface area contributed by atoms with Crippen LogP contribution in [0.5, 0.6) is 5.75 Å². The van der Waals surface area contributed by atoms with Crippen LogP contribution in [0.3, 0.4) is 0 Å². The molecule has 0 fully saturated rings. The molecule has 0 aliphatic carbocycles. The molecule has 0 unspecified atom stereocenters. The lowest BCUT2D eigenvalue weighted by Crippen LogP contribution is -2.18. The average Bonchev–Trinajstić information content (AvgIpc) is 2.92. The van der Waals surface area contributed by atoms with Crippen LogP contribution in [-0.2, 0) is 11.3 Å². The number of carbonyl (C=O) groups excluding carboxylic acids is 1. The van der Waals surface area contributed by atoms with E-state index in [2.05, 4.69) is 21.2 Å². The lowest BCUT2D eigenvalue weighted by Gasteiger charge is -2.08. The standard InChI is InChI=1S/C18H17BrN2O2/c1-2-23-16-7-8-17-13(11-16)9-10-21(17)12-18(22)20-15-5-3-14(19)4-6-15/h3-11H,2,12H2,1H3,(H,20,22). The molecule has 0 aliphatic heterocycles. The fraction of sp³-hybridized carbons (Fsp3) is 0.167. The van der Waals surface area contributed by atoms with Crippen molar-refractivity contribution in [3.05, 3.63) is 59.2 Å². The molecule has 4 nitrogen and oxygen atoms in total. The number of hydrogen-bond acceptors (Lipinski definition) is 2. The first-order chi connectivity index (χ1) is 11.2. The highest BCUT2D eigenvalue weighted by Gasteiger charge is 2.07. The third-order valence-corrected chi connectivity index (χ3v) is 4.02. The van der Waals surface area contributed by atoms with Gasteiger partial charge in [-0.1, -0.05) is 15.9 Å². The molecule has 1 heterocycles. The van der Waals surface area contributed by atoms with Gasteiger partial charge in [0.15, 0.2) is 0 Å². The summed E-state index contributed by atoms with van der Waals surface area (Å²) < 4.78 is 8.41. The third-order valence-electron chi connectivity index (χ3n) is 3.50. The van der Waals surface area contributed by atoms with Crippen molar-refractivity contribution in [1.82, 2.24) is 4.57 Å². The van der Waals surface area contributed by atoms with Crippen LogP contribution in [0.25, 0.3) is 10.9 Å². The molecular weight excluding hydrogens is 356 g/mol. The fourth-order valence-corrected chi connectivity index (χ4v) is 2.73. The van der Waals surface area contributed by atoms with Crippen LogP contribution in [0.2, 0.25) is 0 Å². The van der Waals surface area contributed by atoms with Crippen LogP contribution in [0.4, 0.5) is 5.69 Å². The van der Waals surface area contributed by atoms with Gasteiger partial charge in [0.05, 0.1) is 6.61 Å². The van der Waals surface area contributed by atoms with Gasteiger partial charge in [-0.25, -0.2) is 0 Å². The van der Waals surface area contributed by atoms with Gasteiger partial charge in [0.2, 0.25) is 5.91 Å². The maximum absolute atomic E-state index is 12.2. The SMILES string of the molecule is CCOc1ccc2c(ccn2CC(=O)Nc2ccc(Br)cc2)c1. The molecule has 23 heavy (non-hydrogen) atoms. The molecule has 3 aromatic rings. The van der Waals surface area contributed by atoms with Gasteiger partial charge in [0.25, 0.3) is 0 Å². The number of nitrogens with zero attached hydrogens (tertiary/aromatic N) is 1. The second kappa shape index (κ2) is 6.87. The summed E-state index contributed by atoms with van der Waals surface area (Å²) in [6.07, 6.45) is 1.92. The lowest BCUT2D eigenvalue weighted by molar-refractivity contribution is -0.116. The first-order valence-electron chi connectivity index (χ1n) is 7.43. The number of ether oxygens (including phenoxy) is 1. The van der Waals surface area contributed by atoms with Gasteiger partial charge in [-0.15, -0.1) is 0 Å². The number of carbonyl (C=O) groups is 1. The van der Waals surface area contributed by atoms with E-state index in [1.165, 1.54) is 0 Å². The molecule has 3 rings (SSSR count). The monoisotopic (exact) mass is 372 g/mol. The molecular formula is C18H17BrN2O2. The largest absolute Gasteiger partial charge is 0.494 e. The average molecular weight is 373 g/mol. The molecule has 0 aliphatic rings. The Bertz CT molecular complexity index is 825. The highest BCUT2D eigenvalue weighted by molar-refractivity contribution is 9.10. The Balaban J connectivity index is 1.73. The number of aromatic nitrogens is 1. The maximum atomic E-state index is 12.2. The van der Waals surface area contributed by atoms with Crippen LogP contribution in [-0.4, -0.2) is 17.1 Å². The second-order valence-electron chi connectivity index (χ2n) is 5.15. The van der Waals surface area contributed by atoms with E-state index in [1.54, 1.807) is 0 Å². The quantitative estimate of drug-likeness (QED) is 0.719. The maximum Gasteiger partial charge on any atom is 0.244 e. The molecule has 2 aromatic carbocycles. The fourth-order valence-electron chi connectivity index (χ4n) is 2.46. The number of amides is 1. The molecule has 0 spiro atoms. The van der Waals surface area contributed by atoms with E-state index in [0.717, 1.165) is 26.8 Å². The Morgan fingerprint density at radius 1 is 1.17 bits per heavy atom. The molecule has 0 saturated carbocycles. The van der Waals surface area contributed by atoms with Crippen molar-refractivity contribution in [1.29, 1.82) is 0 Å². The van der Waals surface area contributed by atoms with E-state index in [-0.39, 0.29) is 12.5 Å². The Kier molecular flexibility index (Phi) is 4.67. The summed E-state index contributed by atoms with van der Waals surface area (Å²) in [4.78, 5) is 12.2. The smallest absolute Gasteiger partial charge is 0.244 e. The Morgan fingerprint density at radius 3 is 2.70 bits per heavy atom. The van der Waals surface area contributed by atoms with E-state index < -0.39 is 0 Å². The summed E-state index contributed by atoms with van der Waals surface area (Å²) in [5, 5.41) is 3.96. The second-order valence-corrected chi connectivity index (χ2v) is 6.07. The topological polar surface area (TPSA) is 43.3 Å². The molecule has 1 amide bonds. The summed E-state index contributed by atoms with van der Waals surface area (Å²) in [5.41, 5.74) is 1.80. The number of nitrogens with one attached hydrogen (secondary N) is 1. The van der Waals surface area contributed by atoms with Crippen LogP contribution >= 0.6 is 15.9 Å². The predicted molar refractivity (Wildman–Crippen MR) is 95.9 cm³/mol. The summed E-state index contributed by atoms with van der Waals surface area (Å²) in [5.74, 6) is 0.788. The van der Waals surface area contributed by atoms with Crippen LogP contribution in [0, 0.1) is 0 Å². The van der Waals surface area contributed by atoms with Gasteiger partial charge in [-0.05, 0) is 55.5 Å². The number of rotatable bonds is 5. The molecule has 5 heteroatoms. The van der Waals surface area contributed by atoms with Crippen molar-refractivity contribution in [2.24, 2.45) is 0 Å². The highest BCUT2D eigenvalue weighted by atomic mass is 79.9. The number of halogens is 1. The predicted octanol–water partition coefficient (Wildman–Crippen LogP) is 4.44. The van der Waals surface area contributed by atoms with E-state index in [4.69, 9.17) is 4.74 Å². The molecule has 0 saturated heterocycles. The third kappa shape index (κ3) is 3.74. The van der Waals surface area contributed by atoms with Crippen LogP contribution in [0.15, 0.2) is 59.2 Å². The van der Waals surface area contributed by atoms with E-state index in [1.807, 2.05) is 66.2 Å². The van der Waals surface area contributed by atoms with Crippen LogP contribution in [0.1, 0.15) is 6.92 Å². The summed E-state index contributed by atoms with van der Waals surface area (Å²) in [6.45, 7) is 2.87. The summed E-state index contributed by atoms with van der Waals surface area (Å²) >= 11 is 3.38. The van der Waals surface area contributed by atoms with Crippen molar-refractivity contribution in [3.63, 3.8) is 0 Å². The van der Waals surface area contributed by atoms with Crippen molar-refractivity contribution in [3.8, 4) is 5.75 Å². The lowest BCUT2D eigenvalue weighted by atomic mass is 10.2. The van der Waals surface area contributed by atoms with Gasteiger partial charge in [0.1, 0.15) is 12.3 Å². The zero-order valence-corrected chi connectivity index (χ0v) is 14.3. The molecule has 1 N–H and O–H groups in total. The van der Waals surface area contributed by atoms with E-state index >= 15 is 0 Å². The molecule has 118 valence electrons. The number of anilines is 1. The number of fused-ring (bicyclic) bond motifs is 1. The zero-order chi connectivity index (χ0) is 16.2. The first kappa shape index (κ1) is 15.6. The van der Waals surface area contributed by atoms with Crippen molar-refractivity contribution >= 4 is 38.4 Å².